The number of hydrogen-bond donors (Lipinski definition) is 0. The third-order valence-corrected chi connectivity index (χ3v) is 4.38. The molecule has 0 unspecified atom stereocenters. The van der Waals surface area contributed by atoms with Crippen LogP contribution in [0.4, 0.5) is 4.39 Å². The molecule has 1 heterocycles. The highest BCUT2D eigenvalue weighted by atomic mass is 19.1. The van der Waals surface area contributed by atoms with Crippen LogP contribution in [0, 0.1) is 12.7 Å². The second-order valence-corrected chi connectivity index (χ2v) is 6.69. The fraction of sp³-hybridized carbons (Fsp3) is 0.0833. The first-order valence-electron chi connectivity index (χ1n) is 9.14. The number of halogens is 1. The van der Waals surface area contributed by atoms with E-state index in [1.165, 1.54) is 12.1 Å². The average molecular weight is 387 g/mol. The van der Waals surface area contributed by atoms with Crippen LogP contribution in [0.2, 0.25) is 0 Å². The van der Waals surface area contributed by atoms with Crippen molar-refractivity contribution in [1.82, 2.24) is 0 Å². The molecule has 0 N–H and O–H groups in total. The van der Waals surface area contributed by atoms with E-state index >= 15 is 0 Å². The highest BCUT2D eigenvalue weighted by molar-refractivity contribution is 6.12. The number of carbonyl (C=O) groups excluding carboxylic acids is 1. The molecule has 1 aliphatic heterocycles. The number of hydrogen-bond acceptors (Lipinski definition) is 4. The quantitative estimate of drug-likeness (QED) is 0.454. The van der Waals surface area contributed by atoms with Gasteiger partial charge in [0.05, 0.1) is 0 Å². The molecule has 4 rings (SSSR count). The summed E-state index contributed by atoms with van der Waals surface area (Å²) in [6.45, 7) is 2.23. The summed E-state index contributed by atoms with van der Waals surface area (Å²) in [6, 6.07) is 21.1. The zero-order chi connectivity index (χ0) is 20.2. The van der Waals surface area contributed by atoms with E-state index in [2.05, 4.69) is 4.99 Å². The van der Waals surface area contributed by atoms with Crippen molar-refractivity contribution in [3.63, 3.8) is 0 Å². The number of benzene rings is 3. The van der Waals surface area contributed by atoms with Crippen molar-refractivity contribution in [3.8, 4) is 5.75 Å². The third-order valence-electron chi connectivity index (χ3n) is 4.38. The molecule has 0 atom stereocenters. The molecule has 4 nitrogen and oxygen atoms in total. The predicted octanol–water partition coefficient (Wildman–Crippen LogP) is 5.06. The van der Waals surface area contributed by atoms with Crippen molar-refractivity contribution in [3.05, 3.63) is 107 Å². The molecular weight excluding hydrogens is 369 g/mol. The van der Waals surface area contributed by atoms with Gasteiger partial charge in [0.2, 0.25) is 5.90 Å². The maximum Gasteiger partial charge on any atom is 0.363 e. The Labute approximate surface area is 167 Å². The summed E-state index contributed by atoms with van der Waals surface area (Å²) in [5.74, 6) is 0.107. The van der Waals surface area contributed by atoms with Gasteiger partial charge in [0.25, 0.3) is 0 Å². The van der Waals surface area contributed by atoms with Crippen LogP contribution in [0.5, 0.6) is 5.75 Å². The molecule has 144 valence electrons. The maximum atomic E-state index is 13.3. The molecule has 0 saturated carbocycles. The first-order valence-corrected chi connectivity index (χ1v) is 9.14. The Morgan fingerprint density at radius 1 is 1.03 bits per heavy atom. The molecule has 1 aliphatic rings. The van der Waals surface area contributed by atoms with Gasteiger partial charge in [-0.3, -0.25) is 0 Å². The largest absolute Gasteiger partial charge is 0.489 e. The fourth-order valence-corrected chi connectivity index (χ4v) is 2.87. The lowest BCUT2D eigenvalue weighted by atomic mass is 10.1. The molecule has 0 aliphatic carbocycles. The predicted molar refractivity (Wildman–Crippen MR) is 109 cm³/mol. The Kier molecular flexibility index (Phi) is 5.20. The smallest absolute Gasteiger partial charge is 0.363 e. The molecule has 0 saturated heterocycles. The van der Waals surface area contributed by atoms with Crippen molar-refractivity contribution in [2.24, 2.45) is 4.99 Å². The van der Waals surface area contributed by atoms with Crippen LogP contribution in [0.1, 0.15) is 22.3 Å². The molecule has 3 aromatic carbocycles. The maximum absolute atomic E-state index is 13.3. The zero-order valence-electron chi connectivity index (χ0n) is 15.8. The fourth-order valence-electron chi connectivity index (χ4n) is 2.87. The normalized spacial score (nSPS) is 14.6. The first kappa shape index (κ1) is 18.6. The van der Waals surface area contributed by atoms with E-state index in [1.807, 2.05) is 43.3 Å². The Morgan fingerprint density at radius 3 is 2.62 bits per heavy atom. The van der Waals surface area contributed by atoms with Gasteiger partial charge in [-0.05, 0) is 60.5 Å². The number of ether oxygens (including phenoxy) is 2. The number of cyclic esters (lactones) is 1. The summed E-state index contributed by atoms with van der Waals surface area (Å²) < 4.78 is 24.3. The summed E-state index contributed by atoms with van der Waals surface area (Å²) in [5.41, 5.74) is 3.58. The van der Waals surface area contributed by atoms with Gasteiger partial charge in [0.1, 0.15) is 18.2 Å². The topological polar surface area (TPSA) is 47.9 Å². The molecular formula is C24H18FNO3. The van der Waals surface area contributed by atoms with Gasteiger partial charge in [-0.15, -0.1) is 0 Å². The number of aryl methyl sites for hydroxylation is 1. The number of carbonyl (C=O) groups is 1. The van der Waals surface area contributed by atoms with Gasteiger partial charge in [-0.2, -0.15) is 0 Å². The highest BCUT2D eigenvalue weighted by Gasteiger charge is 2.24. The Hall–Kier alpha value is -3.73. The third kappa shape index (κ3) is 4.58. The van der Waals surface area contributed by atoms with Gasteiger partial charge in [0, 0.05) is 5.56 Å². The Morgan fingerprint density at radius 2 is 1.83 bits per heavy atom. The zero-order valence-corrected chi connectivity index (χ0v) is 15.8. The number of esters is 1. The molecule has 0 aromatic heterocycles. The average Bonchev–Trinajstić information content (AvgIpc) is 3.08. The van der Waals surface area contributed by atoms with E-state index in [0.29, 0.717) is 11.6 Å². The van der Waals surface area contributed by atoms with Crippen LogP contribution in [0.3, 0.4) is 0 Å². The second kappa shape index (κ2) is 8.10. The lowest BCUT2D eigenvalue weighted by Crippen LogP contribution is -2.05. The lowest BCUT2D eigenvalue weighted by Gasteiger charge is -2.07. The summed E-state index contributed by atoms with van der Waals surface area (Å²) >= 11 is 0. The van der Waals surface area contributed by atoms with Gasteiger partial charge >= 0.3 is 5.97 Å². The molecule has 0 bridgehead atoms. The van der Waals surface area contributed by atoms with Crippen molar-refractivity contribution >= 4 is 17.9 Å². The summed E-state index contributed by atoms with van der Waals surface area (Å²) in [7, 11) is 0. The molecule has 0 spiro atoms. The first-order chi connectivity index (χ1) is 14.1. The summed E-state index contributed by atoms with van der Waals surface area (Å²) in [6.07, 6.45) is 1.65. The van der Waals surface area contributed by atoms with Crippen LogP contribution in [-0.4, -0.2) is 11.9 Å². The van der Waals surface area contributed by atoms with E-state index in [-0.39, 0.29) is 18.1 Å². The van der Waals surface area contributed by atoms with Crippen LogP contribution in [0.15, 0.2) is 83.5 Å². The molecule has 0 fully saturated rings. The monoisotopic (exact) mass is 387 g/mol. The van der Waals surface area contributed by atoms with Crippen LogP contribution >= 0.6 is 0 Å². The minimum atomic E-state index is -0.494. The van der Waals surface area contributed by atoms with Crippen LogP contribution in [0.25, 0.3) is 6.08 Å². The summed E-state index contributed by atoms with van der Waals surface area (Å²) in [4.78, 5) is 16.5. The second-order valence-electron chi connectivity index (χ2n) is 6.69. The van der Waals surface area contributed by atoms with E-state index in [1.54, 1.807) is 30.3 Å². The summed E-state index contributed by atoms with van der Waals surface area (Å²) in [5, 5.41) is 0. The van der Waals surface area contributed by atoms with Crippen molar-refractivity contribution in [1.29, 1.82) is 0 Å². The number of nitrogens with zero attached hydrogens (tertiary/aromatic N) is 1. The van der Waals surface area contributed by atoms with Crippen molar-refractivity contribution in [2.45, 2.75) is 13.5 Å². The Bertz CT molecular complexity index is 1120. The minimum Gasteiger partial charge on any atom is -0.489 e. The van der Waals surface area contributed by atoms with E-state index in [9.17, 15) is 9.18 Å². The van der Waals surface area contributed by atoms with E-state index in [4.69, 9.17) is 9.47 Å². The van der Waals surface area contributed by atoms with Crippen molar-refractivity contribution < 1.29 is 18.7 Å². The van der Waals surface area contributed by atoms with E-state index in [0.717, 1.165) is 22.3 Å². The number of rotatable bonds is 5. The van der Waals surface area contributed by atoms with E-state index < -0.39 is 5.97 Å². The molecule has 0 radical (unpaired) electrons. The minimum absolute atomic E-state index is 0.225. The molecule has 5 heteroatoms. The lowest BCUT2D eigenvalue weighted by molar-refractivity contribution is -0.129. The molecule has 29 heavy (non-hydrogen) atoms. The highest BCUT2D eigenvalue weighted by Crippen LogP contribution is 2.22. The van der Waals surface area contributed by atoms with Gasteiger partial charge < -0.3 is 9.47 Å². The van der Waals surface area contributed by atoms with Gasteiger partial charge in [-0.25, -0.2) is 14.2 Å². The molecule has 3 aromatic rings. The standard InChI is InChI=1S/C24H18FNO3/c1-16-8-10-19(11-9-16)23-26-22(24(27)29-23)14-17-4-3-7-21(13-17)28-15-18-5-2-6-20(25)12-18/h2-14H,15H2,1H3/b22-14-. The number of aliphatic imine (C=N–C) groups is 1. The van der Waals surface area contributed by atoms with Crippen molar-refractivity contribution in [2.75, 3.05) is 0 Å². The SMILES string of the molecule is Cc1ccc(C2=N/C(=C\c3cccc(OCc4cccc(F)c4)c3)C(=O)O2)cc1. The van der Waals surface area contributed by atoms with Crippen LogP contribution in [-0.2, 0) is 16.1 Å². The van der Waals surface area contributed by atoms with Gasteiger partial charge in [0.15, 0.2) is 5.70 Å². The van der Waals surface area contributed by atoms with Gasteiger partial charge in [-0.1, -0.05) is 42.0 Å². The molecule has 0 amide bonds. The van der Waals surface area contributed by atoms with Crippen LogP contribution < -0.4 is 4.74 Å². The Balaban J connectivity index is 1.51.